The fourth-order valence-electron chi connectivity index (χ4n) is 3.02. The largest absolute Gasteiger partial charge is 0.491 e. The van der Waals surface area contributed by atoms with Crippen LogP contribution in [0.3, 0.4) is 0 Å². The van der Waals surface area contributed by atoms with E-state index in [-0.39, 0.29) is 23.0 Å². The van der Waals surface area contributed by atoms with Crippen LogP contribution in [-0.2, 0) is 11.2 Å². The molecule has 0 radical (unpaired) electrons. The third-order valence-electron chi connectivity index (χ3n) is 4.07. The Morgan fingerprint density at radius 2 is 1.84 bits per heavy atom. The number of carbonyl (C=O) groups is 1. The fraction of sp³-hybridized carbons (Fsp3) is 0.667. The topological polar surface area (TPSA) is 47.6 Å². The molecule has 4 nitrogen and oxygen atoms in total. The maximum Gasteiger partial charge on any atom is 0.163 e. The number of Topliss-reactive ketones (excluding diaryl/α,β-unsaturated/α-hetero) is 1. The maximum atomic E-state index is 12.1. The molecule has 0 saturated heterocycles. The summed E-state index contributed by atoms with van der Waals surface area (Å²) >= 11 is 0. The van der Waals surface area contributed by atoms with Crippen molar-refractivity contribution in [1.29, 1.82) is 0 Å². The first kappa shape index (κ1) is 19.9. The summed E-state index contributed by atoms with van der Waals surface area (Å²) in [4.78, 5) is 12.1. The van der Waals surface area contributed by atoms with Crippen LogP contribution < -0.4 is 10.1 Å². The molecular formula is C21H33NO3. The van der Waals surface area contributed by atoms with Crippen LogP contribution in [0.1, 0.15) is 70.3 Å². The van der Waals surface area contributed by atoms with E-state index in [0.29, 0.717) is 19.6 Å². The highest BCUT2D eigenvalue weighted by atomic mass is 16.5. The molecule has 0 aliphatic heterocycles. The lowest BCUT2D eigenvalue weighted by Crippen LogP contribution is -2.45. The molecule has 0 saturated carbocycles. The van der Waals surface area contributed by atoms with Crippen molar-refractivity contribution in [2.45, 2.75) is 78.0 Å². The minimum absolute atomic E-state index is 0.0256. The maximum absolute atomic E-state index is 12.1. The van der Waals surface area contributed by atoms with Crippen molar-refractivity contribution >= 4 is 5.78 Å². The van der Waals surface area contributed by atoms with Gasteiger partial charge < -0.3 is 14.8 Å². The van der Waals surface area contributed by atoms with Crippen molar-refractivity contribution in [3.05, 3.63) is 29.3 Å². The second kappa shape index (κ2) is 7.88. The normalized spacial score (nSPS) is 16.5. The van der Waals surface area contributed by atoms with Crippen molar-refractivity contribution in [3.8, 4) is 5.75 Å². The molecule has 2 rings (SSSR count). The first-order valence-electron chi connectivity index (χ1n) is 9.26. The van der Waals surface area contributed by atoms with Gasteiger partial charge in [0, 0.05) is 29.6 Å². The number of ether oxygens (including phenoxy) is 2. The second-order valence-corrected chi connectivity index (χ2v) is 8.85. The Labute approximate surface area is 152 Å². The van der Waals surface area contributed by atoms with Crippen molar-refractivity contribution in [2.75, 3.05) is 13.2 Å². The first-order valence-corrected chi connectivity index (χ1v) is 9.26. The highest BCUT2D eigenvalue weighted by Gasteiger charge is 2.24. The van der Waals surface area contributed by atoms with Crippen LogP contribution in [-0.4, -0.2) is 36.2 Å². The lowest BCUT2D eigenvalue weighted by Gasteiger charge is -2.31. The number of nitrogens with one attached hydrogen (secondary N) is 1. The second-order valence-electron chi connectivity index (χ2n) is 8.85. The Bertz CT molecular complexity index is 596. The zero-order valence-corrected chi connectivity index (χ0v) is 16.6. The SMILES string of the molecule is CC(C)(C)NC[C@@H](COc1cccc2c1CCCC2=O)OC(C)(C)C. The Morgan fingerprint density at radius 3 is 2.48 bits per heavy atom. The quantitative estimate of drug-likeness (QED) is 0.839. The third kappa shape index (κ3) is 6.44. The van der Waals surface area contributed by atoms with Crippen LogP contribution in [0.2, 0.25) is 0 Å². The van der Waals surface area contributed by atoms with Gasteiger partial charge in [0.2, 0.25) is 0 Å². The lowest BCUT2D eigenvalue weighted by atomic mass is 9.90. The summed E-state index contributed by atoms with van der Waals surface area (Å²) in [5, 5.41) is 3.49. The molecule has 4 heteroatoms. The summed E-state index contributed by atoms with van der Waals surface area (Å²) in [6.45, 7) is 13.8. The molecular weight excluding hydrogens is 314 g/mol. The van der Waals surface area contributed by atoms with Crippen LogP contribution in [0.25, 0.3) is 0 Å². The van der Waals surface area contributed by atoms with E-state index < -0.39 is 0 Å². The smallest absolute Gasteiger partial charge is 0.163 e. The van der Waals surface area contributed by atoms with E-state index in [1.807, 2.05) is 18.2 Å². The van der Waals surface area contributed by atoms with Crippen LogP contribution in [0.5, 0.6) is 5.75 Å². The number of ketones is 1. The molecule has 0 spiro atoms. The zero-order valence-electron chi connectivity index (χ0n) is 16.6. The van der Waals surface area contributed by atoms with Crippen molar-refractivity contribution in [3.63, 3.8) is 0 Å². The van der Waals surface area contributed by atoms with Gasteiger partial charge in [-0.25, -0.2) is 0 Å². The number of rotatable bonds is 6. The van der Waals surface area contributed by atoms with Gasteiger partial charge >= 0.3 is 0 Å². The molecule has 0 aromatic heterocycles. The molecule has 0 bridgehead atoms. The van der Waals surface area contributed by atoms with Crippen LogP contribution in [0.15, 0.2) is 18.2 Å². The monoisotopic (exact) mass is 347 g/mol. The summed E-state index contributed by atoms with van der Waals surface area (Å²) in [5.41, 5.74) is 1.67. The fourth-order valence-corrected chi connectivity index (χ4v) is 3.02. The minimum atomic E-state index is -0.236. The van der Waals surface area contributed by atoms with E-state index in [9.17, 15) is 4.79 Å². The van der Waals surface area contributed by atoms with E-state index in [0.717, 1.165) is 29.7 Å². The summed E-state index contributed by atoms with van der Waals surface area (Å²) in [5.74, 6) is 1.05. The average Bonchev–Trinajstić information content (AvgIpc) is 2.48. The number of carbonyl (C=O) groups excluding carboxylic acids is 1. The van der Waals surface area contributed by atoms with E-state index in [1.54, 1.807) is 0 Å². The number of fused-ring (bicyclic) bond motifs is 1. The Morgan fingerprint density at radius 1 is 1.12 bits per heavy atom. The molecule has 0 unspecified atom stereocenters. The molecule has 1 aromatic rings. The molecule has 1 aliphatic carbocycles. The lowest BCUT2D eigenvalue weighted by molar-refractivity contribution is -0.0761. The Balaban J connectivity index is 2.07. The number of hydrogen-bond donors (Lipinski definition) is 1. The van der Waals surface area contributed by atoms with E-state index in [2.05, 4.69) is 46.9 Å². The number of hydrogen-bond acceptors (Lipinski definition) is 4. The van der Waals surface area contributed by atoms with Crippen LogP contribution in [0, 0.1) is 0 Å². The summed E-state index contributed by atoms with van der Waals surface area (Å²) < 4.78 is 12.3. The minimum Gasteiger partial charge on any atom is -0.491 e. The number of benzene rings is 1. The first-order chi connectivity index (χ1) is 11.6. The van der Waals surface area contributed by atoms with Crippen molar-refractivity contribution in [1.82, 2.24) is 5.32 Å². The van der Waals surface area contributed by atoms with E-state index in [1.165, 1.54) is 0 Å². The molecule has 140 valence electrons. The highest BCUT2D eigenvalue weighted by molar-refractivity contribution is 5.99. The highest BCUT2D eigenvalue weighted by Crippen LogP contribution is 2.29. The Kier molecular flexibility index (Phi) is 6.28. The van der Waals surface area contributed by atoms with E-state index in [4.69, 9.17) is 9.47 Å². The van der Waals surface area contributed by atoms with Gasteiger partial charge in [0.25, 0.3) is 0 Å². The average molecular weight is 347 g/mol. The summed E-state index contributed by atoms with van der Waals surface area (Å²) in [7, 11) is 0. The van der Waals surface area contributed by atoms with Gasteiger partial charge in [-0.3, -0.25) is 4.79 Å². The van der Waals surface area contributed by atoms with E-state index >= 15 is 0 Å². The van der Waals surface area contributed by atoms with Gasteiger partial charge in [0.05, 0.1) is 5.60 Å². The molecule has 1 aromatic carbocycles. The van der Waals surface area contributed by atoms with Gasteiger partial charge in [-0.1, -0.05) is 12.1 Å². The van der Waals surface area contributed by atoms with Crippen molar-refractivity contribution < 1.29 is 14.3 Å². The standard InChI is InChI=1S/C21H33NO3/c1-20(2,3)22-13-15(25-21(4,5)6)14-24-19-12-8-9-16-17(19)10-7-11-18(16)23/h8-9,12,15,22H,7,10-11,13-14H2,1-6H3/t15-/m0/s1. The molecule has 25 heavy (non-hydrogen) atoms. The van der Waals surface area contributed by atoms with Crippen LogP contribution >= 0.6 is 0 Å². The van der Waals surface area contributed by atoms with Gasteiger partial charge in [0.15, 0.2) is 5.78 Å². The van der Waals surface area contributed by atoms with Gasteiger partial charge in [0.1, 0.15) is 18.5 Å². The predicted octanol–water partition coefficient (Wildman–Crippen LogP) is 4.16. The van der Waals surface area contributed by atoms with Gasteiger partial charge in [-0.05, 0) is 60.5 Å². The molecule has 1 aliphatic rings. The van der Waals surface area contributed by atoms with Crippen molar-refractivity contribution in [2.24, 2.45) is 0 Å². The van der Waals surface area contributed by atoms with Gasteiger partial charge in [-0.15, -0.1) is 0 Å². The molecule has 1 atom stereocenters. The summed E-state index contributed by atoms with van der Waals surface area (Å²) in [6, 6.07) is 5.78. The molecule has 0 heterocycles. The third-order valence-corrected chi connectivity index (χ3v) is 4.07. The Hall–Kier alpha value is -1.39. The molecule has 1 N–H and O–H groups in total. The van der Waals surface area contributed by atoms with Gasteiger partial charge in [-0.2, -0.15) is 0 Å². The molecule has 0 amide bonds. The summed E-state index contributed by atoms with van der Waals surface area (Å²) in [6.07, 6.45) is 2.39. The predicted molar refractivity (Wildman–Crippen MR) is 102 cm³/mol. The van der Waals surface area contributed by atoms with Crippen LogP contribution in [0.4, 0.5) is 0 Å². The molecule has 0 fully saturated rings. The zero-order chi connectivity index (χ0) is 18.7.